The van der Waals surface area contributed by atoms with Gasteiger partial charge in [0.2, 0.25) is 0 Å². The van der Waals surface area contributed by atoms with Gasteiger partial charge in [-0.15, -0.1) is 0 Å². The van der Waals surface area contributed by atoms with Gasteiger partial charge in [-0.05, 0) is 48.4 Å². The molecule has 2 rings (SSSR count). The molecule has 0 saturated heterocycles. The Morgan fingerprint density at radius 2 is 1.62 bits per heavy atom. The second-order valence-corrected chi connectivity index (χ2v) is 4.59. The molecule has 0 heterocycles. The summed E-state index contributed by atoms with van der Waals surface area (Å²) in [5.41, 5.74) is 3.48. The van der Waals surface area contributed by atoms with E-state index in [1.165, 1.54) is 7.11 Å². The first-order valence-corrected chi connectivity index (χ1v) is 6.52. The van der Waals surface area contributed by atoms with Gasteiger partial charge in [-0.2, -0.15) is 0 Å². The van der Waals surface area contributed by atoms with Crippen molar-refractivity contribution in [1.29, 1.82) is 0 Å². The van der Waals surface area contributed by atoms with Crippen LogP contribution in [0.2, 0.25) is 0 Å². The molecule has 0 aliphatic rings. The number of carbonyl (C=O) groups excluding carboxylic acids is 1. The molecule has 2 aromatic carbocycles. The van der Waals surface area contributed by atoms with Crippen molar-refractivity contribution in [2.75, 3.05) is 21.3 Å². The van der Waals surface area contributed by atoms with E-state index in [4.69, 9.17) is 14.2 Å². The van der Waals surface area contributed by atoms with E-state index in [0.717, 1.165) is 22.4 Å². The summed E-state index contributed by atoms with van der Waals surface area (Å²) in [5, 5.41) is 0. The Morgan fingerprint density at radius 3 is 2.19 bits per heavy atom. The molecule has 110 valence electrons. The Labute approximate surface area is 124 Å². The molecule has 0 N–H and O–H groups in total. The normalized spacial score (nSPS) is 10.1. The van der Waals surface area contributed by atoms with Gasteiger partial charge in [0, 0.05) is 5.56 Å². The first kappa shape index (κ1) is 14.9. The third-order valence-corrected chi connectivity index (χ3v) is 3.35. The molecule has 0 aliphatic carbocycles. The van der Waals surface area contributed by atoms with Gasteiger partial charge in [-0.1, -0.05) is 6.07 Å². The van der Waals surface area contributed by atoms with Crippen molar-refractivity contribution in [3.05, 3.63) is 47.5 Å². The van der Waals surface area contributed by atoms with Gasteiger partial charge in [0.1, 0.15) is 11.5 Å². The zero-order valence-corrected chi connectivity index (χ0v) is 12.6. The highest BCUT2D eigenvalue weighted by molar-refractivity contribution is 5.91. The van der Waals surface area contributed by atoms with Crippen LogP contribution in [0.5, 0.6) is 11.5 Å². The fourth-order valence-electron chi connectivity index (χ4n) is 2.22. The minimum Gasteiger partial charge on any atom is -0.497 e. The van der Waals surface area contributed by atoms with E-state index >= 15 is 0 Å². The lowest BCUT2D eigenvalue weighted by molar-refractivity contribution is 0.0600. The van der Waals surface area contributed by atoms with E-state index in [1.54, 1.807) is 26.4 Å². The van der Waals surface area contributed by atoms with Crippen LogP contribution in [0.3, 0.4) is 0 Å². The number of benzene rings is 2. The maximum atomic E-state index is 11.6. The average Bonchev–Trinajstić information content (AvgIpc) is 2.53. The Balaban J connectivity index is 2.51. The molecule has 0 atom stereocenters. The topological polar surface area (TPSA) is 44.8 Å². The molecule has 0 spiro atoms. The second-order valence-electron chi connectivity index (χ2n) is 4.59. The Morgan fingerprint density at radius 1 is 0.905 bits per heavy atom. The second kappa shape index (κ2) is 6.31. The Kier molecular flexibility index (Phi) is 4.48. The zero-order valence-electron chi connectivity index (χ0n) is 12.6. The molecular formula is C17H18O4. The van der Waals surface area contributed by atoms with E-state index in [9.17, 15) is 4.79 Å². The highest BCUT2D eigenvalue weighted by Gasteiger charge is 2.13. The largest absolute Gasteiger partial charge is 0.497 e. The number of hydrogen-bond donors (Lipinski definition) is 0. The van der Waals surface area contributed by atoms with Crippen LogP contribution in [0, 0.1) is 6.92 Å². The van der Waals surface area contributed by atoms with Crippen molar-refractivity contribution in [2.24, 2.45) is 0 Å². The van der Waals surface area contributed by atoms with Crippen LogP contribution in [-0.4, -0.2) is 27.3 Å². The summed E-state index contributed by atoms with van der Waals surface area (Å²) < 4.78 is 15.3. The molecular weight excluding hydrogens is 268 g/mol. The molecule has 0 saturated carbocycles. The fraction of sp³-hybridized carbons (Fsp3) is 0.235. The first-order valence-electron chi connectivity index (χ1n) is 6.52. The number of aryl methyl sites for hydroxylation is 1. The maximum Gasteiger partial charge on any atom is 0.337 e. The van der Waals surface area contributed by atoms with Crippen LogP contribution in [0.15, 0.2) is 36.4 Å². The molecule has 2 aromatic rings. The van der Waals surface area contributed by atoms with Gasteiger partial charge in [0.25, 0.3) is 0 Å². The smallest absolute Gasteiger partial charge is 0.337 e. The lowest BCUT2D eigenvalue weighted by Crippen LogP contribution is -2.02. The van der Waals surface area contributed by atoms with Gasteiger partial charge in [0.05, 0.1) is 26.9 Å². The van der Waals surface area contributed by atoms with Crippen LogP contribution >= 0.6 is 0 Å². The number of ether oxygens (including phenoxy) is 3. The van der Waals surface area contributed by atoms with Crippen LogP contribution in [0.1, 0.15) is 15.9 Å². The number of carbonyl (C=O) groups is 1. The van der Waals surface area contributed by atoms with Crippen molar-refractivity contribution in [1.82, 2.24) is 0 Å². The van der Waals surface area contributed by atoms with E-state index in [-0.39, 0.29) is 5.97 Å². The monoisotopic (exact) mass is 286 g/mol. The number of esters is 1. The van der Waals surface area contributed by atoms with E-state index in [2.05, 4.69) is 0 Å². The van der Waals surface area contributed by atoms with E-state index in [0.29, 0.717) is 11.3 Å². The van der Waals surface area contributed by atoms with Gasteiger partial charge in [0.15, 0.2) is 0 Å². The Hall–Kier alpha value is -2.49. The van der Waals surface area contributed by atoms with E-state index < -0.39 is 0 Å². The summed E-state index contributed by atoms with van der Waals surface area (Å²) in [5.74, 6) is 1.05. The number of rotatable bonds is 4. The van der Waals surface area contributed by atoms with Crippen molar-refractivity contribution in [3.63, 3.8) is 0 Å². The molecule has 0 aromatic heterocycles. The van der Waals surface area contributed by atoms with Crippen LogP contribution in [0.25, 0.3) is 11.1 Å². The summed E-state index contributed by atoms with van der Waals surface area (Å²) in [6.07, 6.45) is 0. The lowest BCUT2D eigenvalue weighted by Gasteiger charge is -2.13. The van der Waals surface area contributed by atoms with E-state index in [1.807, 2.05) is 31.2 Å². The summed E-state index contributed by atoms with van der Waals surface area (Å²) in [6.45, 7) is 2.01. The number of methoxy groups -OCH3 is 3. The third-order valence-electron chi connectivity index (χ3n) is 3.35. The average molecular weight is 286 g/mol. The zero-order chi connectivity index (χ0) is 15.4. The summed E-state index contributed by atoms with van der Waals surface area (Å²) in [6, 6.07) is 11.1. The Bertz CT molecular complexity index is 662. The SMILES string of the molecule is COC(=O)c1ccc(-c2ccc(OC)cc2C)c(OC)c1. The molecule has 4 nitrogen and oxygen atoms in total. The molecule has 0 radical (unpaired) electrons. The fourth-order valence-corrected chi connectivity index (χ4v) is 2.22. The van der Waals surface area contributed by atoms with Gasteiger partial charge < -0.3 is 14.2 Å². The molecule has 4 heteroatoms. The first-order chi connectivity index (χ1) is 10.1. The van der Waals surface area contributed by atoms with Crippen LogP contribution < -0.4 is 9.47 Å². The number of hydrogen-bond acceptors (Lipinski definition) is 4. The minimum atomic E-state index is -0.383. The summed E-state index contributed by atoms with van der Waals surface area (Å²) in [7, 11) is 4.58. The lowest BCUT2D eigenvalue weighted by atomic mass is 9.98. The summed E-state index contributed by atoms with van der Waals surface area (Å²) >= 11 is 0. The predicted octanol–water partition coefficient (Wildman–Crippen LogP) is 3.47. The highest BCUT2D eigenvalue weighted by atomic mass is 16.5. The van der Waals surface area contributed by atoms with Crippen molar-refractivity contribution in [3.8, 4) is 22.6 Å². The van der Waals surface area contributed by atoms with Gasteiger partial charge in [-0.3, -0.25) is 0 Å². The minimum absolute atomic E-state index is 0.383. The highest BCUT2D eigenvalue weighted by Crippen LogP contribution is 2.34. The summed E-state index contributed by atoms with van der Waals surface area (Å²) in [4.78, 5) is 11.6. The standard InChI is InChI=1S/C17H18O4/c1-11-9-13(19-2)6-8-14(11)15-7-5-12(17(18)21-4)10-16(15)20-3/h5-10H,1-4H3. The van der Waals surface area contributed by atoms with Gasteiger partial charge in [-0.25, -0.2) is 4.79 Å². The van der Waals surface area contributed by atoms with Crippen molar-refractivity contribution < 1.29 is 19.0 Å². The molecule has 0 fully saturated rings. The quantitative estimate of drug-likeness (QED) is 0.807. The molecule has 21 heavy (non-hydrogen) atoms. The molecule has 0 bridgehead atoms. The van der Waals surface area contributed by atoms with Gasteiger partial charge >= 0.3 is 5.97 Å². The third kappa shape index (κ3) is 2.99. The van der Waals surface area contributed by atoms with Crippen molar-refractivity contribution >= 4 is 5.97 Å². The van der Waals surface area contributed by atoms with Crippen LogP contribution in [0.4, 0.5) is 0 Å². The maximum absolute atomic E-state index is 11.6. The molecule has 0 aliphatic heterocycles. The molecule has 0 amide bonds. The van der Waals surface area contributed by atoms with Crippen LogP contribution in [-0.2, 0) is 4.74 Å². The molecule has 0 unspecified atom stereocenters. The predicted molar refractivity (Wildman–Crippen MR) is 81.1 cm³/mol. The van der Waals surface area contributed by atoms with Crippen molar-refractivity contribution in [2.45, 2.75) is 6.92 Å².